The van der Waals surface area contributed by atoms with Crippen LogP contribution in [0.4, 0.5) is 9.52 Å². The summed E-state index contributed by atoms with van der Waals surface area (Å²) in [5, 5.41) is 7.74. The molecule has 0 fully saturated rings. The Morgan fingerprint density at radius 3 is 2.83 bits per heavy atom. The fourth-order valence-electron chi connectivity index (χ4n) is 2.88. The van der Waals surface area contributed by atoms with Crippen molar-refractivity contribution in [1.29, 1.82) is 0 Å². The summed E-state index contributed by atoms with van der Waals surface area (Å²) in [5.41, 5.74) is 2.99. The van der Waals surface area contributed by atoms with E-state index in [2.05, 4.69) is 15.4 Å². The first-order chi connectivity index (χ1) is 11.6. The van der Waals surface area contributed by atoms with Crippen molar-refractivity contribution in [3.8, 4) is 5.69 Å². The minimum atomic E-state index is -0.307. The van der Waals surface area contributed by atoms with Crippen LogP contribution >= 0.6 is 11.3 Å². The smallest absolute Gasteiger partial charge is 0.260 e. The number of nitrogens with zero attached hydrogens (tertiary/aromatic N) is 3. The number of aromatic nitrogens is 3. The summed E-state index contributed by atoms with van der Waals surface area (Å²) in [6.45, 7) is 1.81. The second-order valence-electron chi connectivity index (χ2n) is 5.73. The predicted octanol–water partition coefficient (Wildman–Crippen LogP) is 3.52. The van der Waals surface area contributed by atoms with Gasteiger partial charge in [0, 0.05) is 4.88 Å². The number of thiazole rings is 1. The number of nitrogens with one attached hydrogen (secondary N) is 1. The number of carbonyl (C=O) groups is 1. The van der Waals surface area contributed by atoms with Gasteiger partial charge in [-0.1, -0.05) is 0 Å². The third kappa shape index (κ3) is 2.60. The molecular weight excluding hydrogens is 327 g/mol. The molecule has 1 aliphatic carbocycles. The summed E-state index contributed by atoms with van der Waals surface area (Å²) in [6, 6.07) is 5.99. The molecule has 3 aromatic rings. The summed E-state index contributed by atoms with van der Waals surface area (Å²) in [6.07, 6.45) is 4.70. The van der Waals surface area contributed by atoms with Crippen molar-refractivity contribution in [3.63, 3.8) is 0 Å². The molecule has 5 nitrogen and oxygen atoms in total. The number of rotatable bonds is 3. The maximum Gasteiger partial charge on any atom is 0.260 e. The van der Waals surface area contributed by atoms with Crippen LogP contribution in [0, 0.1) is 12.7 Å². The largest absolute Gasteiger partial charge is 0.298 e. The molecule has 4 rings (SSSR count). The molecule has 0 atom stereocenters. The average Bonchev–Trinajstić information content (AvgIpc) is 3.23. The maximum absolute atomic E-state index is 13.0. The Bertz CT molecular complexity index is 892. The van der Waals surface area contributed by atoms with Gasteiger partial charge in [-0.3, -0.25) is 10.1 Å². The Balaban J connectivity index is 1.57. The van der Waals surface area contributed by atoms with E-state index >= 15 is 0 Å². The number of carbonyl (C=O) groups excluding carboxylic acids is 1. The molecule has 0 saturated carbocycles. The molecule has 24 heavy (non-hydrogen) atoms. The summed E-state index contributed by atoms with van der Waals surface area (Å²) < 4.78 is 14.7. The molecule has 1 N–H and O–H groups in total. The first-order valence-corrected chi connectivity index (χ1v) is 8.54. The highest BCUT2D eigenvalue weighted by molar-refractivity contribution is 7.16. The molecule has 0 radical (unpaired) electrons. The van der Waals surface area contributed by atoms with E-state index in [-0.39, 0.29) is 11.7 Å². The zero-order valence-electron chi connectivity index (χ0n) is 13.0. The number of halogens is 1. The van der Waals surface area contributed by atoms with Crippen molar-refractivity contribution in [1.82, 2.24) is 14.8 Å². The van der Waals surface area contributed by atoms with Crippen LogP contribution in [-0.4, -0.2) is 20.7 Å². The van der Waals surface area contributed by atoms with Gasteiger partial charge in [-0.2, -0.15) is 5.10 Å². The second kappa shape index (κ2) is 5.83. The normalized spacial score (nSPS) is 13.1. The number of anilines is 1. The standard InChI is InChI=1S/C17H15FN4OS/c1-10-13(9-19-22(10)12-7-5-11(18)6-8-12)16(23)21-17-20-14-3-2-4-15(14)24-17/h5-9H,2-4H2,1H3,(H,20,21,23). The zero-order valence-corrected chi connectivity index (χ0v) is 13.9. The lowest BCUT2D eigenvalue weighted by atomic mass is 10.2. The van der Waals surface area contributed by atoms with Gasteiger partial charge in [-0.05, 0) is 50.5 Å². The van der Waals surface area contributed by atoms with E-state index in [9.17, 15) is 9.18 Å². The van der Waals surface area contributed by atoms with Gasteiger partial charge < -0.3 is 0 Å². The monoisotopic (exact) mass is 342 g/mol. The third-order valence-corrected chi connectivity index (χ3v) is 5.21. The molecule has 0 saturated heterocycles. The lowest BCUT2D eigenvalue weighted by Gasteiger charge is -2.05. The predicted molar refractivity (Wildman–Crippen MR) is 90.4 cm³/mol. The fraction of sp³-hybridized carbons (Fsp3) is 0.235. The average molecular weight is 342 g/mol. The molecule has 0 spiro atoms. The van der Waals surface area contributed by atoms with Gasteiger partial charge in [0.05, 0.1) is 28.8 Å². The van der Waals surface area contributed by atoms with Crippen molar-refractivity contribution >= 4 is 22.4 Å². The number of hydrogen-bond donors (Lipinski definition) is 1. The first-order valence-electron chi connectivity index (χ1n) is 7.72. The summed E-state index contributed by atoms with van der Waals surface area (Å²) in [4.78, 5) is 18.2. The minimum absolute atomic E-state index is 0.228. The van der Waals surface area contributed by atoms with E-state index in [4.69, 9.17) is 0 Å². The third-order valence-electron chi connectivity index (χ3n) is 4.14. The van der Waals surface area contributed by atoms with Crippen molar-refractivity contribution in [2.45, 2.75) is 26.2 Å². The molecule has 7 heteroatoms. The Labute approximate surface area is 142 Å². The fourth-order valence-corrected chi connectivity index (χ4v) is 3.93. The van der Waals surface area contributed by atoms with Crippen LogP contribution in [0.1, 0.15) is 33.0 Å². The van der Waals surface area contributed by atoms with Crippen LogP contribution in [0.15, 0.2) is 30.5 Å². The van der Waals surface area contributed by atoms with Crippen molar-refractivity contribution in [2.24, 2.45) is 0 Å². The van der Waals surface area contributed by atoms with E-state index in [1.807, 2.05) is 6.92 Å². The Morgan fingerprint density at radius 1 is 1.29 bits per heavy atom. The van der Waals surface area contributed by atoms with Gasteiger partial charge in [0.2, 0.25) is 0 Å². The minimum Gasteiger partial charge on any atom is -0.298 e. The molecule has 1 aromatic carbocycles. The van der Waals surface area contributed by atoms with Crippen molar-refractivity contribution < 1.29 is 9.18 Å². The van der Waals surface area contributed by atoms with Crippen LogP contribution in [-0.2, 0) is 12.8 Å². The quantitative estimate of drug-likeness (QED) is 0.792. The number of amides is 1. The van der Waals surface area contributed by atoms with Crippen LogP contribution < -0.4 is 5.32 Å². The number of aryl methyl sites for hydroxylation is 2. The van der Waals surface area contributed by atoms with E-state index < -0.39 is 0 Å². The number of benzene rings is 1. The van der Waals surface area contributed by atoms with Crippen LogP contribution in [0.25, 0.3) is 5.69 Å². The van der Waals surface area contributed by atoms with Gasteiger partial charge >= 0.3 is 0 Å². The lowest BCUT2D eigenvalue weighted by molar-refractivity contribution is 0.102. The number of fused-ring (bicyclic) bond motifs is 1. The molecule has 1 aliphatic rings. The zero-order chi connectivity index (χ0) is 16.7. The summed E-state index contributed by atoms with van der Waals surface area (Å²) in [5.74, 6) is -0.536. The van der Waals surface area contributed by atoms with Gasteiger partial charge in [-0.25, -0.2) is 14.1 Å². The highest BCUT2D eigenvalue weighted by atomic mass is 32.1. The van der Waals surface area contributed by atoms with E-state index in [0.29, 0.717) is 22.1 Å². The topological polar surface area (TPSA) is 59.8 Å². The summed E-state index contributed by atoms with van der Waals surface area (Å²) in [7, 11) is 0. The van der Waals surface area contributed by atoms with Gasteiger partial charge in [-0.15, -0.1) is 11.3 Å². The lowest BCUT2D eigenvalue weighted by Crippen LogP contribution is -2.13. The molecular formula is C17H15FN4OS. The van der Waals surface area contributed by atoms with Crippen molar-refractivity contribution in [2.75, 3.05) is 5.32 Å². The second-order valence-corrected chi connectivity index (χ2v) is 6.81. The van der Waals surface area contributed by atoms with Crippen LogP contribution in [0.5, 0.6) is 0 Å². The molecule has 0 unspecified atom stereocenters. The van der Waals surface area contributed by atoms with Gasteiger partial charge in [0.15, 0.2) is 5.13 Å². The van der Waals surface area contributed by atoms with E-state index in [1.165, 1.54) is 23.2 Å². The Hall–Kier alpha value is -2.54. The molecule has 2 aromatic heterocycles. The van der Waals surface area contributed by atoms with Gasteiger partial charge in [0.1, 0.15) is 5.82 Å². The van der Waals surface area contributed by atoms with E-state index in [0.717, 1.165) is 25.0 Å². The van der Waals surface area contributed by atoms with Gasteiger partial charge in [0.25, 0.3) is 5.91 Å². The molecule has 2 heterocycles. The molecule has 0 aliphatic heterocycles. The van der Waals surface area contributed by atoms with E-state index in [1.54, 1.807) is 28.2 Å². The van der Waals surface area contributed by atoms with Crippen LogP contribution in [0.2, 0.25) is 0 Å². The summed E-state index contributed by atoms with van der Waals surface area (Å²) >= 11 is 1.54. The first kappa shape index (κ1) is 15.0. The SMILES string of the molecule is Cc1c(C(=O)Nc2nc3c(s2)CCC3)cnn1-c1ccc(F)cc1. The van der Waals surface area contributed by atoms with Crippen molar-refractivity contribution in [3.05, 3.63) is 58.1 Å². The molecule has 122 valence electrons. The molecule has 0 bridgehead atoms. The number of hydrogen-bond acceptors (Lipinski definition) is 4. The maximum atomic E-state index is 13.0. The van der Waals surface area contributed by atoms with Crippen LogP contribution in [0.3, 0.4) is 0 Å². The molecule has 1 amide bonds. The highest BCUT2D eigenvalue weighted by Crippen LogP contribution is 2.30. The Kier molecular flexibility index (Phi) is 3.65. The highest BCUT2D eigenvalue weighted by Gasteiger charge is 2.20. The Morgan fingerprint density at radius 2 is 2.08 bits per heavy atom.